The molecule has 6 heteroatoms. The molecule has 1 aromatic heterocycles. The van der Waals surface area contributed by atoms with Gasteiger partial charge in [-0.15, -0.1) is 11.3 Å². The third-order valence-corrected chi connectivity index (χ3v) is 4.80. The largest absolute Gasteiger partial charge is 0.349 e. The Morgan fingerprint density at radius 2 is 2.00 bits per heavy atom. The van der Waals surface area contributed by atoms with Crippen molar-refractivity contribution in [2.75, 3.05) is 13.1 Å². The van der Waals surface area contributed by atoms with Crippen LogP contribution in [0.5, 0.6) is 0 Å². The van der Waals surface area contributed by atoms with Gasteiger partial charge in [-0.1, -0.05) is 36.4 Å². The summed E-state index contributed by atoms with van der Waals surface area (Å²) in [5.41, 5.74) is -1.10. The maximum absolute atomic E-state index is 14.9. The molecule has 1 aliphatic heterocycles. The minimum absolute atomic E-state index is 0.0325. The van der Waals surface area contributed by atoms with Crippen molar-refractivity contribution in [3.8, 4) is 0 Å². The lowest BCUT2D eigenvalue weighted by molar-refractivity contribution is -0.132. The van der Waals surface area contributed by atoms with Crippen molar-refractivity contribution in [3.63, 3.8) is 0 Å². The van der Waals surface area contributed by atoms with E-state index in [-0.39, 0.29) is 32.0 Å². The Labute approximate surface area is 137 Å². The smallest absolute Gasteiger partial charge is 0.264 e. The highest BCUT2D eigenvalue weighted by molar-refractivity contribution is 7.12. The van der Waals surface area contributed by atoms with Crippen LogP contribution in [0, 0.1) is 0 Å². The molecule has 0 aliphatic carbocycles. The van der Waals surface area contributed by atoms with E-state index in [2.05, 4.69) is 5.32 Å². The zero-order valence-electron chi connectivity index (χ0n) is 12.5. The minimum atomic E-state index is -2.01. The van der Waals surface area contributed by atoms with Gasteiger partial charge in [0.05, 0.1) is 11.4 Å². The highest BCUT2D eigenvalue weighted by Gasteiger charge is 2.46. The molecular formula is C17H17FN2O2S. The first-order chi connectivity index (χ1) is 11.1. The molecule has 2 amide bonds. The average molecular weight is 332 g/mol. The van der Waals surface area contributed by atoms with Crippen molar-refractivity contribution in [2.24, 2.45) is 0 Å². The van der Waals surface area contributed by atoms with Crippen LogP contribution in [-0.2, 0) is 11.3 Å². The fourth-order valence-corrected chi connectivity index (χ4v) is 3.31. The van der Waals surface area contributed by atoms with E-state index in [0.29, 0.717) is 4.88 Å². The molecule has 1 aromatic carbocycles. The zero-order chi connectivity index (χ0) is 16.3. The number of thiophene rings is 1. The van der Waals surface area contributed by atoms with Gasteiger partial charge in [0.15, 0.2) is 0 Å². The summed E-state index contributed by atoms with van der Waals surface area (Å²) in [5.74, 6) is -0.863. The van der Waals surface area contributed by atoms with Crippen molar-refractivity contribution < 1.29 is 14.0 Å². The van der Waals surface area contributed by atoms with Gasteiger partial charge in [0.2, 0.25) is 5.67 Å². The SMILES string of the molecule is O=C(c1cccs1)N1CCC(F)(C(=O)NCc2ccccc2)C1. The standard InChI is InChI=1S/C17H17FN2O2S/c18-17(16(22)19-11-13-5-2-1-3-6-13)8-9-20(12-17)15(21)14-7-4-10-23-14/h1-7,10H,8-9,11-12H2,(H,19,22). The number of amides is 2. The van der Waals surface area contributed by atoms with Gasteiger partial charge in [-0.2, -0.15) is 0 Å². The van der Waals surface area contributed by atoms with Gasteiger partial charge < -0.3 is 10.2 Å². The maximum Gasteiger partial charge on any atom is 0.264 e. The molecule has 0 radical (unpaired) electrons. The van der Waals surface area contributed by atoms with Crippen molar-refractivity contribution in [1.29, 1.82) is 0 Å². The highest BCUT2D eigenvalue weighted by atomic mass is 32.1. The van der Waals surface area contributed by atoms with E-state index in [0.717, 1.165) is 5.56 Å². The average Bonchev–Trinajstić information content (AvgIpc) is 3.23. The minimum Gasteiger partial charge on any atom is -0.349 e. The number of carbonyl (C=O) groups excluding carboxylic acids is 2. The summed E-state index contributed by atoms with van der Waals surface area (Å²) >= 11 is 1.32. The van der Waals surface area contributed by atoms with E-state index < -0.39 is 11.6 Å². The Morgan fingerprint density at radius 3 is 2.70 bits per heavy atom. The molecule has 1 atom stereocenters. The Morgan fingerprint density at radius 1 is 1.22 bits per heavy atom. The van der Waals surface area contributed by atoms with E-state index in [9.17, 15) is 14.0 Å². The van der Waals surface area contributed by atoms with Gasteiger partial charge in [0.25, 0.3) is 11.8 Å². The molecule has 3 rings (SSSR count). The van der Waals surface area contributed by atoms with Crippen molar-refractivity contribution >= 4 is 23.2 Å². The van der Waals surface area contributed by atoms with E-state index in [4.69, 9.17) is 0 Å². The maximum atomic E-state index is 14.9. The summed E-state index contributed by atoms with van der Waals surface area (Å²) in [5, 5.41) is 4.43. The van der Waals surface area contributed by atoms with Crippen LogP contribution in [0.15, 0.2) is 47.8 Å². The van der Waals surface area contributed by atoms with E-state index in [1.54, 1.807) is 17.5 Å². The normalized spacial score (nSPS) is 20.5. The van der Waals surface area contributed by atoms with Crippen LogP contribution in [0.1, 0.15) is 21.7 Å². The molecule has 1 aliphatic rings. The summed E-state index contributed by atoms with van der Waals surface area (Å²) in [6, 6.07) is 12.8. The molecule has 23 heavy (non-hydrogen) atoms. The second kappa shape index (κ2) is 6.50. The van der Waals surface area contributed by atoms with Crippen molar-refractivity contribution in [1.82, 2.24) is 10.2 Å². The predicted octanol–water partition coefficient (Wildman–Crippen LogP) is 2.62. The van der Waals surface area contributed by atoms with Gasteiger partial charge in [0, 0.05) is 19.5 Å². The first kappa shape index (κ1) is 15.7. The van der Waals surface area contributed by atoms with E-state index in [1.807, 2.05) is 30.3 Å². The van der Waals surface area contributed by atoms with Crippen LogP contribution in [-0.4, -0.2) is 35.5 Å². The van der Waals surface area contributed by atoms with Crippen LogP contribution in [0.2, 0.25) is 0 Å². The fraction of sp³-hybridized carbons (Fsp3) is 0.294. The molecule has 4 nitrogen and oxygen atoms in total. The number of hydrogen-bond acceptors (Lipinski definition) is 3. The number of nitrogens with zero attached hydrogens (tertiary/aromatic N) is 1. The summed E-state index contributed by atoms with van der Waals surface area (Å²) in [7, 11) is 0. The molecule has 0 saturated carbocycles. The Bertz CT molecular complexity index is 690. The monoisotopic (exact) mass is 332 g/mol. The molecule has 2 aromatic rings. The van der Waals surface area contributed by atoms with Crippen LogP contribution >= 0.6 is 11.3 Å². The Kier molecular flexibility index (Phi) is 4.43. The fourth-order valence-electron chi connectivity index (χ4n) is 2.62. The quantitative estimate of drug-likeness (QED) is 0.936. The molecule has 1 N–H and O–H groups in total. The Balaban J connectivity index is 1.59. The molecule has 0 bridgehead atoms. The summed E-state index contributed by atoms with van der Waals surface area (Å²) in [6.07, 6.45) is 0.0325. The van der Waals surface area contributed by atoms with Gasteiger partial charge in [-0.25, -0.2) is 4.39 Å². The second-order valence-electron chi connectivity index (χ2n) is 5.59. The zero-order valence-corrected chi connectivity index (χ0v) is 13.3. The molecule has 0 spiro atoms. The molecule has 1 unspecified atom stereocenters. The number of likely N-dealkylation sites (tertiary alicyclic amines) is 1. The molecule has 2 heterocycles. The molecule has 120 valence electrons. The number of rotatable bonds is 4. The van der Waals surface area contributed by atoms with Crippen LogP contribution in [0.3, 0.4) is 0 Å². The number of hydrogen-bond donors (Lipinski definition) is 1. The van der Waals surface area contributed by atoms with Crippen LogP contribution in [0.4, 0.5) is 4.39 Å². The van der Waals surface area contributed by atoms with Gasteiger partial charge in [-0.05, 0) is 17.0 Å². The Hall–Kier alpha value is -2.21. The highest BCUT2D eigenvalue weighted by Crippen LogP contribution is 2.28. The van der Waals surface area contributed by atoms with E-state index in [1.165, 1.54) is 16.2 Å². The molecular weight excluding hydrogens is 315 g/mol. The lowest BCUT2D eigenvalue weighted by Gasteiger charge is -2.20. The van der Waals surface area contributed by atoms with Crippen LogP contribution in [0.25, 0.3) is 0 Å². The lowest BCUT2D eigenvalue weighted by Crippen LogP contribution is -2.45. The molecule has 1 saturated heterocycles. The molecule has 1 fully saturated rings. The summed E-state index contributed by atoms with van der Waals surface area (Å²) in [4.78, 5) is 26.4. The van der Waals surface area contributed by atoms with Crippen molar-refractivity contribution in [3.05, 3.63) is 58.3 Å². The summed E-state index contributed by atoms with van der Waals surface area (Å²) in [6.45, 7) is 0.348. The van der Waals surface area contributed by atoms with Crippen molar-refractivity contribution in [2.45, 2.75) is 18.6 Å². The first-order valence-electron chi connectivity index (χ1n) is 7.42. The third kappa shape index (κ3) is 3.42. The number of halogens is 1. The van der Waals surface area contributed by atoms with E-state index >= 15 is 0 Å². The van der Waals surface area contributed by atoms with Gasteiger partial charge >= 0.3 is 0 Å². The topological polar surface area (TPSA) is 49.4 Å². The lowest BCUT2D eigenvalue weighted by atomic mass is 10.0. The number of benzene rings is 1. The third-order valence-electron chi connectivity index (χ3n) is 3.94. The van der Waals surface area contributed by atoms with Gasteiger partial charge in [0.1, 0.15) is 0 Å². The number of carbonyl (C=O) groups is 2. The number of alkyl halides is 1. The van der Waals surface area contributed by atoms with Crippen LogP contribution < -0.4 is 5.32 Å². The predicted molar refractivity (Wildman–Crippen MR) is 87.0 cm³/mol. The first-order valence-corrected chi connectivity index (χ1v) is 8.30. The summed E-state index contributed by atoms with van der Waals surface area (Å²) < 4.78 is 14.9. The second-order valence-corrected chi connectivity index (χ2v) is 6.54. The van der Waals surface area contributed by atoms with Gasteiger partial charge in [-0.3, -0.25) is 9.59 Å². The number of nitrogens with one attached hydrogen (secondary N) is 1.